The molecule has 7 nitrogen and oxygen atoms in total. The Kier molecular flexibility index (Phi) is 6.70. The van der Waals surface area contributed by atoms with Crippen molar-refractivity contribution in [2.45, 2.75) is 64.0 Å². The predicted octanol–water partition coefficient (Wildman–Crippen LogP) is 3.28. The lowest BCUT2D eigenvalue weighted by molar-refractivity contribution is -0.0160. The minimum absolute atomic E-state index is 0.141. The van der Waals surface area contributed by atoms with Gasteiger partial charge in [-0.2, -0.15) is 0 Å². The number of carbonyl (C=O) groups is 2. The average molecular weight is 426 g/mol. The molecule has 4 fully saturated rings. The van der Waals surface area contributed by atoms with Gasteiger partial charge in [-0.1, -0.05) is 0 Å². The van der Waals surface area contributed by atoms with Crippen LogP contribution in [0.5, 0.6) is 0 Å². The first-order valence-corrected chi connectivity index (χ1v) is 11.7. The van der Waals surface area contributed by atoms with Gasteiger partial charge < -0.3 is 24.2 Å². The van der Waals surface area contributed by atoms with Crippen molar-refractivity contribution < 1.29 is 23.5 Å². The maximum absolute atomic E-state index is 12.3. The Balaban J connectivity index is 1.21. The molecule has 3 saturated heterocycles. The van der Waals surface area contributed by atoms with Gasteiger partial charge in [0.15, 0.2) is 0 Å². The summed E-state index contributed by atoms with van der Waals surface area (Å²) in [6, 6.07) is 0.877. The van der Waals surface area contributed by atoms with Crippen LogP contribution in [0, 0.1) is 11.3 Å². The molecule has 1 atom stereocenters. The standard InChI is InChI=1S/C22H36FN3O4/c1-2-29-20(27)25-12-7-22(16-25)14-18(15-22)24-10-5-17(6-11-24)19-4-3-9-26(19)21(28)30-13-8-23/h17-19H,2-16H2,1H3. The summed E-state index contributed by atoms with van der Waals surface area (Å²) < 4.78 is 22.5. The van der Waals surface area contributed by atoms with Crippen LogP contribution in [0.3, 0.4) is 0 Å². The minimum atomic E-state index is -0.622. The number of piperidine rings is 1. The van der Waals surface area contributed by atoms with Crippen molar-refractivity contribution in [3.8, 4) is 0 Å². The number of rotatable bonds is 5. The van der Waals surface area contributed by atoms with Gasteiger partial charge in [0.1, 0.15) is 13.3 Å². The first-order valence-electron chi connectivity index (χ1n) is 11.7. The number of amides is 2. The highest BCUT2D eigenvalue weighted by molar-refractivity contribution is 5.68. The van der Waals surface area contributed by atoms with Gasteiger partial charge in [0.05, 0.1) is 6.61 Å². The number of hydrogen-bond donors (Lipinski definition) is 0. The fourth-order valence-electron chi connectivity index (χ4n) is 6.22. The summed E-state index contributed by atoms with van der Waals surface area (Å²) in [7, 11) is 0. The Bertz CT molecular complexity index is 620. The van der Waals surface area contributed by atoms with Crippen LogP contribution in [0.15, 0.2) is 0 Å². The molecule has 0 N–H and O–H groups in total. The van der Waals surface area contributed by atoms with E-state index in [9.17, 15) is 14.0 Å². The van der Waals surface area contributed by atoms with Crippen molar-refractivity contribution in [1.82, 2.24) is 14.7 Å². The Morgan fingerprint density at radius 3 is 2.50 bits per heavy atom. The quantitative estimate of drug-likeness (QED) is 0.677. The number of ether oxygens (including phenoxy) is 2. The van der Waals surface area contributed by atoms with Crippen molar-refractivity contribution >= 4 is 12.2 Å². The molecule has 3 heterocycles. The van der Waals surface area contributed by atoms with Crippen LogP contribution in [0.25, 0.3) is 0 Å². The molecule has 4 rings (SSSR count). The van der Waals surface area contributed by atoms with Gasteiger partial charge in [-0.15, -0.1) is 0 Å². The zero-order valence-electron chi connectivity index (χ0n) is 18.2. The van der Waals surface area contributed by atoms with Gasteiger partial charge in [-0.25, -0.2) is 14.0 Å². The smallest absolute Gasteiger partial charge is 0.410 e. The second-order valence-corrected chi connectivity index (χ2v) is 9.51. The summed E-state index contributed by atoms with van der Waals surface area (Å²) in [5, 5.41) is 0. The summed E-state index contributed by atoms with van der Waals surface area (Å²) in [5.74, 6) is 0.515. The average Bonchev–Trinajstić information content (AvgIpc) is 3.39. The van der Waals surface area contributed by atoms with Gasteiger partial charge in [-0.05, 0) is 76.3 Å². The van der Waals surface area contributed by atoms with E-state index in [1.165, 1.54) is 12.8 Å². The van der Waals surface area contributed by atoms with Gasteiger partial charge in [0.2, 0.25) is 0 Å². The zero-order chi connectivity index (χ0) is 21.1. The lowest BCUT2D eigenvalue weighted by Crippen LogP contribution is -2.55. The summed E-state index contributed by atoms with van der Waals surface area (Å²) in [5.41, 5.74) is 0.302. The van der Waals surface area contributed by atoms with E-state index in [1.807, 2.05) is 16.7 Å². The third-order valence-electron chi connectivity index (χ3n) is 7.77. The minimum Gasteiger partial charge on any atom is -0.450 e. The van der Waals surface area contributed by atoms with Crippen molar-refractivity contribution in [2.75, 3.05) is 52.6 Å². The molecule has 0 aromatic rings. The van der Waals surface area contributed by atoms with E-state index in [0.29, 0.717) is 24.0 Å². The number of halogens is 1. The maximum Gasteiger partial charge on any atom is 0.410 e. The zero-order valence-corrected chi connectivity index (χ0v) is 18.2. The van der Waals surface area contributed by atoms with Gasteiger partial charge >= 0.3 is 12.2 Å². The molecule has 0 bridgehead atoms. The van der Waals surface area contributed by atoms with Gasteiger partial charge in [-0.3, -0.25) is 0 Å². The van der Waals surface area contributed by atoms with Crippen LogP contribution in [-0.4, -0.2) is 91.6 Å². The number of likely N-dealkylation sites (tertiary alicyclic amines) is 3. The molecule has 3 aliphatic heterocycles. The monoisotopic (exact) mass is 425 g/mol. The van der Waals surface area contributed by atoms with Crippen LogP contribution in [0.1, 0.15) is 51.9 Å². The molecule has 1 spiro atoms. The highest BCUT2D eigenvalue weighted by Gasteiger charge is 2.51. The molecule has 8 heteroatoms. The molecule has 0 aromatic carbocycles. The fraction of sp³-hybridized carbons (Fsp3) is 0.909. The largest absolute Gasteiger partial charge is 0.450 e. The van der Waals surface area contributed by atoms with Crippen LogP contribution < -0.4 is 0 Å². The second-order valence-electron chi connectivity index (χ2n) is 9.51. The van der Waals surface area contributed by atoms with E-state index in [-0.39, 0.29) is 24.8 Å². The van der Waals surface area contributed by atoms with E-state index in [1.54, 1.807) is 0 Å². The Labute approximate surface area is 178 Å². The molecule has 0 radical (unpaired) electrons. The topological polar surface area (TPSA) is 62.3 Å². The van der Waals surface area contributed by atoms with Crippen molar-refractivity contribution in [1.29, 1.82) is 0 Å². The fourth-order valence-corrected chi connectivity index (χ4v) is 6.22. The molecular weight excluding hydrogens is 389 g/mol. The van der Waals surface area contributed by atoms with E-state index < -0.39 is 6.67 Å². The lowest BCUT2D eigenvalue weighted by atomic mass is 9.64. The van der Waals surface area contributed by atoms with Crippen molar-refractivity contribution in [3.05, 3.63) is 0 Å². The summed E-state index contributed by atoms with van der Waals surface area (Å²) in [4.78, 5) is 30.6. The first kappa shape index (κ1) is 21.7. The van der Waals surface area contributed by atoms with E-state index >= 15 is 0 Å². The highest BCUT2D eigenvalue weighted by Crippen LogP contribution is 2.51. The number of hydrogen-bond acceptors (Lipinski definition) is 5. The normalized spacial score (nSPS) is 32.5. The molecule has 170 valence electrons. The molecule has 1 saturated carbocycles. The molecule has 1 unspecified atom stereocenters. The third kappa shape index (κ3) is 4.39. The van der Waals surface area contributed by atoms with E-state index in [2.05, 4.69) is 4.90 Å². The lowest BCUT2D eigenvalue weighted by Gasteiger charge is -2.52. The van der Waals surface area contributed by atoms with Crippen LogP contribution in [0.2, 0.25) is 0 Å². The first-order chi connectivity index (χ1) is 14.5. The van der Waals surface area contributed by atoms with Crippen LogP contribution in [-0.2, 0) is 9.47 Å². The van der Waals surface area contributed by atoms with Crippen molar-refractivity contribution in [3.63, 3.8) is 0 Å². The predicted molar refractivity (Wildman–Crippen MR) is 110 cm³/mol. The molecule has 2 amide bonds. The maximum atomic E-state index is 12.3. The third-order valence-corrected chi connectivity index (χ3v) is 7.77. The number of alkyl halides is 1. The van der Waals surface area contributed by atoms with Crippen LogP contribution in [0.4, 0.5) is 14.0 Å². The second kappa shape index (κ2) is 9.28. The Morgan fingerprint density at radius 2 is 1.80 bits per heavy atom. The Hall–Kier alpha value is -1.57. The Morgan fingerprint density at radius 1 is 1.03 bits per heavy atom. The molecule has 0 aromatic heterocycles. The SMILES string of the molecule is CCOC(=O)N1CCC2(CC(N3CCC(C4CCCN4C(=O)OCCF)CC3)C2)C1. The summed E-state index contributed by atoms with van der Waals surface area (Å²) in [6.45, 7) is 6.09. The number of carbonyl (C=O) groups excluding carboxylic acids is 2. The van der Waals surface area contributed by atoms with Crippen LogP contribution >= 0.6 is 0 Å². The van der Waals surface area contributed by atoms with Gasteiger partial charge in [0.25, 0.3) is 0 Å². The molecule has 4 aliphatic rings. The number of nitrogens with zero attached hydrogens (tertiary/aromatic N) is 3. The van der Waals surface area contributed by atoms with Gasteiger partial charge in [0, 0.05) is 31.7 Å². The summed E-state index contributed by atoms with van der Waals surface area (Å²) in [6.07, 6.45) is 7.21. The van der Waals surface area contributed by atoms with E-state index in [4.69, 9.17) is 9.47 Å². The molecular formula is C22H36FN3O4. The highest BCUT2D eigenvalue weighted by atomic mass is 19.1. The summed E-state index contributed by atoms with van der Waals surface area (Å²) >= 11 is 0. The van der Waals surface area contributed by atoms with Crippen molar-refractivity contribution in [2.24, 2.45) is 11.3 Å². The molecule has 1 aliphatic carbocycles. The molecule has 30 heavy (non-hydrogen) atoms. The van der Waals surface area contributed by atoms with E-state index in [0.717, 1.165) is 64.8 Å².